The standard InChI is InChI=1S/C16H17N5O2/c1-11-6-8-12(9-7-11)10-17-16(22)18-15-20-19-13-4-3-5-14(23-2)21(13)15/h3-9H,10H2,1-2H3,(H2,17,18,20,22). The molecule has 0 atom stereocenters. The first-order valence-electron chi connectivity index (χ1n) is 7.16. The molecular formula is C16H17N5O2. The van der Waals surface area contributed by atoms with Crippen LogP contribution in [0.5, 0.6) is 5.88 Å². The highest BCUT2D eigenvalue weighted by Crippen LogP contribution is 2.17. The number of carbonyl (C=O) groups is 1. The summed E-state index contributed by atoms with van der Waals surface area (Å²) in [4.78, 5) is 12.0. The fraction of sp³-hybridized carbons (Fsp3) is 0.188. The zero-order valence-corrected chi connectivity index (χ0v) is 12.9. The Bertz CT molecular complexity index is 826. The highest BCUT2D eigenvalue weighted by atomic mass is 16.5. The Labute approximate surface area is 133 Å². The maximum Gasteiger partial charge on any atom is 0.321 e. The minimum atomic E-state index is -0.356. The molecule has 2 aromatic heterocycles. The minimum Gasteiger partial charge on any atom is -0.482 e. The number of fused-ring (bicyclic) bond motifs is 1. The number of rotatable bonds is 4. The molecule has 3 rings (SSSR count). The predicted octanol–water partition coefficient (Wildman–Crippen LogP) is 2.37. The van der Waals surface area contributed by atoms with E-state index in [0.29, 0.717) is 24.0 Å². The number of amides is 2. The SMILES string of the molecule is COc1cccc2nnc(NC(=O)NCc3ccc(C)cc3)n12. The van der Waals surface area contributed by atoms with E-state index in [1.807, 2.05) is 37.3 Å². The zero-order valence-electron chi connectivity index (χ0n) is 12.9. The number of aromatic nitrogens is 3. The van der Waals surface area contributed by atoms with Crippen molar-refractivity contribution >= 4 is 17.6 Å². The third-order valence-electron chi connectivity index (χ3n) is 3.40. The van der Waals surface area contributed by atoms with E-state index < -0.39 is 0 Å². The van der Waals surface area contributed by atoms with E-state index in [9.17, 15) is 4.79 Å². The molecule has 0 aliphatic heterocycles. The third-order valence-corrected chi connectivity index (χ3v) is 3.40. The van der Waals surface area contributed by atoms with Crippen molar-refractivity contribution in [3.05, 3.63) is 53.6 Å². The summed E-state index contributed by atoms with van der Waals surface area (Å²) in [7, 11) is 1.55. The number of pyridine rings is 1. The first-order chi connectivity index (χ1) is 11.2. The van der Waals surface area contributed by atoms with Gasteiger partial charge >= 0.3 is 6.03 Å². The van der Waals surface area contributed by atoms with Crippen LogP contribution < -0.4 is 15.4 Å². The lowest BCUT2D eigenvalue weighted by atomic mass is 10.1. The van der Waals surface area contributed by atoms with Crippen LogP contribution in [0.1, 0.15) is 11.1 Å². The molecule has 0 saturated carbocycles. The summed E-state index contributed by atoms with van der Waals surface area (Å²) in [6, 6.07) is 13.0. The number of hydrogen-bond donors (Lipinski definition) is 2. The number of methoxy groups -OCH3 is 1. The second-order valence-electron chi connectivity index (χ2n) is 5.08. The van der Waals surface area contributed by atoms with Gasteiger partial charge in [-0.25, -0.2) is 9.20 Å². The molecule has 0 bridgehead atoms. The molecule has 2 amide bonds. The van der Waals surface area contributed by atoms with Gasteiger partial charge in [-0.2, -0.15) is 0 Å². The summed E-state index contributed by atoms with van der Waals surface area (Å²) in [5, 5.41) is 13.4. The third kappa shape index (κ3) is 3.23. The van der Waals surface area contributed by atoms with Crippen LogP contribution in [0.3, 0.4) is 0 Å². The normalized spacial score (nSPS) is 10.5. The second-order valence-corrected chi connectivity index (χ2v) is 5.08. The molecule has 2 N–H and O–H groups in total. The molecular weight excluding hydrogens is 294 g/mol. The Morgan fingerprint density at radius 3 is 2.70 bits per heavy atom. The first-order valence-corrected chi connectivity index (χ1v) is 7.16. The van der Waals surface area contributed by atoms with Gasteiger partial charge in [0.25, 0.3) is 0 Å². The molecule has 0 aliphatic rings. The van der Waals surface area contributed by atoms with E-state index in [2.05, 4.69) is 20.8 Å². The van der Waals surface area contributed by atoms with E-state index in [1.54, 1.807) is 23.6 Å². The van der Waals surface area contributed by atoms with E-state index >= 15 is 0 Å². The highest BCUT2D eigenvalue weighted by molar-refractivity contribution is 5.87. The molecule has 0 saturated heterocycles. The number of hydrogen-bond acceptors (Lipinski definition) is 4. The first kappa shape index (κ1) is 14.8. The molecule has 1 aromatic carbocycles. The number of nitrogens with zero attached hydrogens (tertiary/aromatic N) is 3. The molecule has 0 radical (unpaired) electrons. The van der Waals surface area contributed by atoms with Crippen molar-refractivity contribution in [2.45, 2.75) is 13.5 Å². The van der Waals surface area contributed by atoms with Gasteiger partial charge in [-0.1, -0.05) is 35.9 Å². The van der Waals surface area contributed by atoms with Gasteiger partial charge in [-0.3, -0.25) is 5.32 Å². The van der Waals surface area contributed by atoms with Crippen LogP contribution in [-0.4, -0.2) is 27.7 Å². The average Bonchev–Trinajstić information content (AvgIpc) is 2.97. The van der Waals surface area contributed by atoms with Gasteiger partial charge < -0.3 is 10.1 Å². The van der Waals surface area contributed by atoms with Crippen LogP contribution in [0.2, 0.25) is 0 Å². The number of carbonyl (C=O) groups excluding carboxylic acids is 1. The van der Waals surface area contributed by atoms with E-state index in [1.165, 1.54) is 5.56 Å². The van der Waals surface area contributed by atoms with Crippen molar-refractivity contribution in [1.29, 1.82) is 0 Å². The van der Waals surface area contributed by atoms with Crippen LogP contribution in [0.15, 0.2) is 42.5 Å². The van der Waals surface area contributed by atoms with Crippen LogP contribution in [0.4, 0.5) is 10.7 Å². The molecule has 7 nitrogen and oxygen atoms in total. The Morgan fingerprint density at radius 2 is 1.96 bits per heavy atom. The summed E-state index contributed by atoms with van der Waals surface area (Å²) in [6.07, 6.45) is 0. The smallest absolute Gasteiger partial charge is 0.321 e. The lowest BCUT2D eigenvalue weighted by Gasteiger charge is -2.08. The molecule has 2 heterocycles. The summed E-state index contributed by atoms with van der Waals surface area (Å²) in [5.74, 6) is 0.847. The highest BCUT2D eigenvalue weighted by Gasteiger charge is 2.12. The van der Waals surface area contributed by atoms with E-state index in [4.69, 9.17) is 4.74 Å². The van der Waals surface area contributed by atoms with Gasteiger partial charge in [-0.15, -0.1) is 10.2 Å². The van der Waals surface area contributed by atoms with Gasteiger partial charge in [0.15, 0.2) is 5.65 Å². The van der Waals surface area contributed by atoms with Crippen LogP contribution >= 0.6 is 0 Å². The molecule has 7 heteroatoms. The van der Waals surface area contributed by atoms with Gasteiger partial charge in [-0.05, 0) is 24.6 Å². The molecule has 118 valence electrons. The topological polar surface area (TPSA) is 80.6 Å². The molecule has 0 spiro atoms. The lowest BCUT2D eigenvalue weighted by molar-refractivity contribution is 0.251. The molecule has 0 aliphatic carbocycles. The molecule has 23 heavy (non-hydrogen) atoms. The number of ether oxygens (including phenoxy) is 1. The maximum atomic E-state index is 12.0. The van der Waals surface area contributed by atoms with Crippen molar-refractivity contribution in [1.82, 2.24) is 19.9 Å². The van der Waals surface area contributed by atoms with Crippen molar-refractivity contribution in [2.75, 3.05) is 12.4 Å². The van der Waals surface area contributed by atoms with Crippen molar-refractivity contribution < 1.29 is 9.53 Å². The Kier molecular flexibility index (Phi) is 4.09. The largest absolute Gasteiger partial charge is 0.482 e. The number of nitrogens with one attached hydrogen (secondary N) is 2. The predicted molar refractivity (Wildman–Crippen MR) is 86.6 cm³/mol. The fourth-order valence-corrected chi connectivity index (χ4v) is 2.19. The number of anilines is 1. The maximum absolute atomic E-state index is 12.0. The molecule has 3 aromatic rings. The van der Waals surface area contributed by atoms with E-state index in [0.717, 1.165) is 5.56 Å². The Morgan fingerprint density at radius 1 is 1.17 bits per heavy atom. The lowest BCUT2D eigenvalue weighted by Crippen LogP contribution is -2.29. The summed E-state index contributed by atoms with van der Waals surface area (Å²) >= 11 is 0. The fourth-order valence-electron chi connectivity index (χ4n) is 2.19. The number of urea groups is 1. The molecule has 0 fully saturated rings. The number of aryl methyl sites for hydroxylation is 1. The Hall–Kier alpha value is -3.09. The van der Waals surface area contributed by atoms with Crippen molar-refractivity contribution in [3.63, 3.8) is 0 Å². The zero-order chi connectivity index (χ0) is 16.2. The van der Waals surface area contributed by atoms with Gasteiger partial charge in [0.2, 0.25) is 11.8 Å². The second kappa shape index (κ2) is 6.35. The monoisotopic (exact) mass is 311 g/mol. The van der Waals surface area contributed by atoms with Gasteiger partial charge in [0.1, 0.15) is 0 Å². The quantitative estimate of drug-likeness (QED) is 0.775. The van der Waals surface area contributed by atoms with Crippen LogP contribution in [-0.2, 0) is 6.54 Å². The van der Waals surface area contributed by atoms with Gasteiger partial charge in [0.05, 0.1) is 7.11 Å². The average molecular weight is 311 g/mol. The number of benzene rings is 1. The minimum absolute atomic E-state index is 0.304. The van der Waals surface area contributed by atoms with Crippen LogP contribution in [0, 0.1) is 6.92 Å². The molecule has 0 unspecified atom stereocenters. The van der Waals surface area contributed by atoms with Crippen molar-refractivity contribution in [2.24, 2.45) is 0 Å². The summed E-state index contributed by atoms with van der Waals surface area (Å²) < 4.78 is 6.89. The Balaban J connectivity index is 1.69. The summed E-state index contributed by atoms with van der Waals surface area (Å²) in [6.45, 7) is 2.45. The van der Waals surface area contributed by atoms with Crippen molar-refractivity contribution in [3.8, 4) is 5.88 Å². The van der Waals surface area contributed by atoms with Crippen LogP contribution in [0.25, 0.3) is 5.65 Å². The van der Waals surface area contributed by atoms with E-state index in [-0.39, 0.29) is 6.03 Å². The summed E-state index contributed by atoms with van der Waals surface area (Å²) in [5.41, 5.74) is 2.80. The van der Waals surface area contributed by atoms with Gasteiger partial charge in [0, 0.05) is 6.54 Å².